The summed E-state index contributed by atoms with van der Waals surface area (Å²) in [5.41, 5.74) is 5.14. The zero-order chi connectivity index (χ0) is 12.1. The van der Waals surface area contributed by atoms with Crippen LogP contribution in [0.3, 0.4) is 0 Å². The summed E-state index contributed by atoms with van der Waals surface area (Å²) in [5.74, 6) is 0.124. The van der Waals surface area contributed by atoms with Gasteiger partial charge in [-0.3, -0.25) is 4.21 Å². The van der Waals surface area contributed by atoms with Crippen molar-refractivity contribution in [1.82, 2.24) is 4.72 Å². The number of hydrogen-bond donors (Lipinski definition) is 2. The molecule has 0 spiro atoms. The van der Waals surface area contributed by atoms with Crippen molar-refractivity contribution in [2.24, 2.45) is 5.73 Å². The highest BCUT2D eigenvalue weighted by Gasteiger charge is 2.15. The zero-order valence-corrected chi connectivity index (χ0v) is 11.2. The molecular weight excluding hydrogens is 256 g/mol. The molecule has 0 aliphatic carbocycles. The molecular formula is C7H16N2O3S3. The Bertz CT molecular complexity index is 339. The van der Waals surface area contributed by atoms with Crippen molar-refractivity contribution in [3.63, 3.8) is 0 Å². The molecule has 0 heterocycles. The van der Waals surface area contributed by atoms with Gasteiger partial charge in [-0.25, -0.2) is 13.1 Å². The van der Waals surface area contributed by atoms with E-state index in [1.165, 1.54) is 0 Å². The van der Waals surface area contributed by atoms with E-state index < -0.39 is 20.8 Å². The van der Waals surface area contributed by atoms with Crippen LogP contribution in [-0.2, 0) is 20.8 Å². The van der Waals surface area contributed by atoms with Gasteiger partial charge in [-0.1, -0.05) is 12.2 Å². The molecule has 0 radical (unpaired) electrons. The lowest BCUT2D eigenvalue weighted by molar-refractivity contribution is 0.559. The summed E-state index contributed by atoms with van der Waals surface area (Å²) >= 11 is 4.51. The minimum Gasteiger partial charge on any atom is -0.392 e. The predicted octanol–water partition coefficient (Wildman–Crippen LogP) is -0.651. The van der Waals surface area contributed by atoms with E-state index in [0.717, 1.165) is 0 Å². The molecule has 0 saturated heterocycles. The van der Waals surface area contributed by atoms with Crippen LogP contribution >= 0.6 is 12.2 Å². The summed E-state index contributed by atoms with van der Waals surface area (Å²) in [6.07, 6.45) is 2.11. The molecule has 0 aromatic rings. The van der Waals surface area contributed by atoms with E-state index in [-0.39, 0.29) is 16.8 Å². The van der Waals surface area contributed by atoms with Crippen molar-refractivity contribution in [3.8, 4) is 0 Å². The molecule has 2 atom stereocenters. The molecule has 3 N–H and O–H groups in total. The molecule has 0 aliphatic heterocycles. The normalized spacial score (nSPS) is 15.9. The summed E-state index contributed by atoms with van der Waals surface area (Å²) in [6, 6.07) is -0.256. The monoisotopic (exact) mass is 272 g/mol. The lowest BCUT2D eigenvalue weighted by Gasteiger charge is -2.12. The number of nitrogens with one attached hydrogen (secondary N) is 1. The van der Waals surface area contributed by atoms with Crippen molar-refractivity contribution in [1.29, 1.82) is 0 Å². The fourth-order valence-corrected chi connectivity index (χ4v) is 3.28. The highest BCUT2D eigenvalue weighted by atomic mass is 32.2. The Morgan fingerprint density at radius 3 is 2.53 bits per heavy atom. The smallest absolute Gasteiger partial charge is 0.218 e. The average molecular weight is 272 g/mol. The molecule has 0 rings (SSSR count). The highest BCUT2D eigenvalue weighted by molar-refractivity contribution is 7.92. The third kappa shape index (κ3) is 8.91. The number of nitrogens with two attached hydrogens (primary N) is 1. The van der Waals surface area contributed by atoms with Gasteiger partial charge in [0.1, 0.15) is 5.75 Å². The first-order chi connectivity index (χ1) is 6.73. The van der Waals surface area contributed by atoms with Crippen molar-refractivity contribution in [2.45, 2.75) is 19.4 Å². The summed E-state index contributed by atoms with van der Waals surface area (Å²) in [7, 11) is -4.35. The molecule has 90 valence electrons. The van der Waals surface area contributed by atoms with Gasteiger partial charge in [0.05, 0.1) is 4.99 Å². The van der Waals surface area contributed by atoms with Crippen molar-refractivity contribution in [2.75, 3.05) is 17.8 Å². The van der Waals surface area contributed by atoms with Crippen molar-refractivity contribution >= 4 is 38.0 Å². The van der Waals surface area contributed by atoms with Crippen LogP contribution in [0.1, 0.15) is 13.3 Å². The SMILES string of the molecule is CC(CCS(C)=O)NS(=O)(=O)CC(N)=S. The second-order valence-corrected chi connectivity index (χ2v) is 7.14. The van der Waals surface area contributed by atoms with E-state index in [0.29, 0.717) is 12.2 Å². The van der Waals surface area contributed by atoms with Gasteiger partial charge in [-0.2, -0.15) is 0 Å². The van der Waals surface area contributed by atoms with Crippen molar-refractivity contribution < 1.29 is 12.6 Å². The van der Waals surface area contributed by atoms with Crippen LogP contribution in [-0.4, -0.2) is 41.4 Å². The second-order valence-electron chi connectivity index (χ2n) is 3.31. The Kier molecular flexibility index (Phi) is 6.49. The first-order valence-electron chi connectivity index (χ1n) is 4.31. The molecule has 8 heteroatoms. The van der Waals surface area contributed by atoms with E-state index in [2.05, 4.69) is 16.9 Å². The maximum Gasteiger partial charge on any atom is 0.218 e. The molecule has 5 nitrogen and oxygen atoms in total. The Morgan fingerprint density at radius 1 is 1.60 bits per heavy atom. The third-order valence-corrected chi connectivity index (χ3v) is 4.14. The lowest BCUT2D eigenvalue weighted by atomic mass is 10.3. The Hall–Kier alpha value is -0.0500. The maximum atomic E-state index is 11.3. The standard InChI is InChI=1S/C7H16N2O3S3/c1-6(3-4-14(2)10)9-15(11,12)5-7(8)13/h6,9H,3-5H2,1-2H3,(H2,8,13). The maximum absolute atomic E-state index is 11.3. The Balaban J connectivity index is 4.10. The number of hydrogen-bond acceptors (Lipinski definition) is 4. The summed E-state index contributed by atoms with van der Waals surface area (Å²) in [6.45, 7) is 1.71. The van der Waals surface area contributed by atoms with E-state index in [1.54, 1.807) is 13.2 Å². The van der Waals surface area contributed by atoms with Crippen LogP contribution in [0.2, 0.25) is 0 Å². The lowest BCUT2D eigenvalue weighted by Crippen LogP contribution is -2.38. The van der Waals surface area contributed by atoms with Crippen LogP contribution in [0, 0.1) is 0 Å². The van der Waals surface area contributed by atoms with Gasteiger partial charge in [0.25, 0.3) is 0 Å². The highest BCUT2D eigenvalue weighted by Crippen LogP contribution is 1.96. The summed E-state index contributed by atoms with van der Waals surface area (Å²) in [5, 5.41) is 0. The van der Waals surface area contributed by atoms with Gasteiger partial charge < -0.3 is 5.73 Å². The molecule has 0 aromatic carbocycles. The van der Waals surface area contributed by atoms with Crippen molar-refractivity contribution in [3.05, 3.63) is 0 Å². The average Bonchev–Trinajstić information content (AvgIpc) is 1.96. The number of rotatable bonds is 7. The molecule has 0 saturated carbocycles. The van der Waals surface area contributed by atoms with Gasteiger partial charge in [0, 0.05) is 28.9 Å². The quantitative estimate of drug-likeness (QED) is 0.601. The minimum absolute atomic E-state index is 0.0613. The van der Waals surface area contributed by atoms with Gasteiger partial charge in [0.2, 0.25) is 10.0 Å². The molecule has 15 heavy (non-hydrogen) atoms. The Morgan fingerprint density at radius 2 is 2.13 bits per heavy atom. The van der Waals surface area contributed by atoms with Gasteiger partial charge in [-0.05, 0) is 13.3 Å². The molecule has 0 bridgehead atoms. The fraction of sp³-hybridized carbons (Fsp3) is 0.857. The van der Waals surface area contributed by atoms with E-state index in [9.17, 15) is 12.6 Å². The first kappa shape index (κ1) is 14.9. The Labute approximate surface area is 98.3 Å². The number of sulfonamides is 1. The third-order valence-electron chi connectivity index (χ3n) is 1.55. The van der Waals surface area contributed by atoms with E-state index >= 15 is 0 Å². The fourth-order valence-electron chi connectivity index (χ4n) is 0.937. The summed E-state index contributed by atoms with van der Waals surface area (Å²) in [4.78, 5) is -0.0613. The number of thiocarbonyl (C=S) groups is 1. The van der Waals surface area contributed by atoms with E-state index in [4.69, 9.17) is 5.73 Å². The van der Waals surface area contributed by atoms with Crippen LogP contribution in [0.25, 0.3) is 0 Å². The van der Waals surface area contributed by atoms with Gasteiger partial charge in [-0.15, -0.1) is 0 Å². The minimum atomic E-state index is -3.44. The molecule has 0 aliphatic rings. The van der Waals surface area contributed by atoms with Crippen LogP contribution in [0.5, 0.6) is 0 Å². The zero-order valence-electron chi connectivity index (χ0n) is 8.73. The molecule has 0 amide bonds. The van der Waals surface area contributed by atoms with Crippen LogP contribution in [0.15, 0.2) is 0 Å². The van der Waals surface area contributed by atoms with Gasteiger partial charge >= 0.3 is 0 Å². The summed E-state index contributed by atoms with van der Waals surface area (Å²) < 4.78 is 35.9. The van der Waals surface area contributed by atoms with Crippen LogP contribution < -0.4 is 10.5 Å². The second kappa shape index (κ2) is 6.51. The predicted molar refractivity (Wildman–Crippen MR) is 66.7 cm³/mol. The molecule has 0 aromatic heterocycles. The van der Waals surface area contributed by atoms with E-state index in [1.807, 2.05) is 0 Å². The van der Waals surface area contributed by atoms with Gasteiger partial charge in [0.15, 0.2) is 0 Å². The molecule has 2 unspecified atom stereocenters. The topological polar surface area (TPSA) is 89.3 Å². The molecule has 0 fully saturated rings. The largest absolute Gasteiger partial charge is 0.392 e. The first-order valence-corrected chi connectivity index (χ1v) is 8.10. The van der Waals surface area contributed by atoms with Crippen LogP contribution in [0.4, 0.5) is 0 Å².